The van der Waals surface area contributed by atoms with Crippen molar-refractivity contribution >= 4 is 21.8 Å². The molecular formula is C9H11FN2O5S. The number of halogens is 1. The molecule has 0 aromatic carbocycles. The van der Waals surface area contributed by atoms with E-state index in [9.17, 15) is 17.6 Å². The van der Waals surface area contributed by atoms with Crippen LogP contribution < -0.4 is 5.32 Å². The van der Waals surface area contributed by atoms with E-state index in [1.54, 1.807) is 0 Å². The van der Waals surface area contributed by atoms with E-state index in [-0.39, 0.29) is 5.56 Å². The SMILES string of the molecule is CS(=O)(=O)OCC(=O)Nc1nccc(CO)c1F. The first-order valence-corrected chi connectivity index (χ1v) is 6.53. The summed E-state index contributed by atoms with van der Waals surface area (Å²) in [6, 6.07) is 1.25. The Morgan fingerprint density at radius 2 is 2.28 bits per heavy atom. The molecule has 0 atom stereocenters. The number of nitrogens with zero attached hydrogens (tertiary/aromatic N) is 1. The van der Waals surface area contributed by atoms with Gasteiger partial charge in [0, 0.05) is 11.8 Å². The molecule has 2 N–H and O–H groups in total. The maximum absolute atomic E-state index is 13.5. The molecule has 0 unspecified atom stereocenters. The van der Waals surface area contributed by atoms with Crippen LogP contribution in [0.4, 0.5) is 10.2 Å². The molecular weight excluding hydrogens is 267 g/mol. The van der Waals surface area contributed by atoms with Gasteiger partial charge in [0.1, 0.15) is 6.61 Å². The number of aliphatic hydroxyl groups excluding tert-OH is 1. The lowest BCUT2D eigenvalue weighted by Crippen LogP contribution is -2.22. The van der Waals surface area contributed by atoms with E-state index in [1.165, 1.54) is 12.3 Å². The van der Waals surface area contributed by atoms with Crippen molar-refractivity contribution in [1.82, 2.24) is 4.98 Å². The maximum atomic E-state index is 13.5. The van der Waals surface area contributed by atoms with Gasteiger partial charge in [0.25, 0.3) is 16.0 Å². The number of pyridine rings is 1. The minimum absolute atomic E-state index is 0.0377. The van der Waals surface area contributed by atoms with Gasteiger partial charge in [0.15, 0.2) is 11.6 Å². The second kappa shape index (κ2) is 5.85. The van der Waals surface area contributed by atoms with Crippen LogP contribution >= 0.6 is 0 Å². The van der Waals surface area contributed by atoms with E-state index in [0.29, 0.717) is 0 Å². The fourth-order valence-corrected chi connectivity index (χ4v) is 1.34. The Bertz CT molecular complexity index is 546. The number of amides is 1. The van der Waals surface area contributed by atoms with Crippen molar-refractivity contribution in [3.8, 4) is 0 Å². The second-order valence-corrected chi connectivity index (χ2v) is 4.95. The first-order valence-electron chi connectivity index (χ1n) is 4.72. The molecule has 0 radical (unpaired) electrons. The molecule has 1 aromatic heterocycles. The quantitative estimate of drug-likeness (QED) is 0.712. The van der Waals surface area contributed by atoms with Gasteiger partial charge >= 0.3 is 0 Å². The Labute approximate surface area is 103 Å². The third kappa shape index (κ3) is 4.35. The van der Waals surface area contributed by atoms with Crippen molar-refractivity contribution < 1.29 is 26.9 Å². The van der Waals surface area contributed by atoms with E-state index < -0.39 is 40.9 Å². The van der Waals surface area contributed by atoms with Crippen LogP contribution in [0.1, 0.15) is 5.56 Å². The van der Waals surface area contributed by atoms with Crippen LogP contribution in [0.3, 0.4) is 0 Å². The number of anilines is 1. The zero-order valence-corrected chi connectivity index (χ0v) is 10.2. The lowest BCUT2D eigenvalue weighted by Gasteiger charge is -2.07. The van der Waals surface area contributed by atoms with Crippen LogP contribution in [0.25, 0.3) is 0 Å². The summed E-state index contributed by atoms with van der Waals surface area (Å²) in [7, 11) is -3.75. The van der Waals surface area contributed by atoms with E-state index in [0.717, 1.165) is 6.26 Å². The summed E-state index contributed by atoms with van der Waals surface area (Å²) >= 11 is 0. The smallest absolute Gasteiger partial charge is 0.264 e. The van der Waals surface area contributed by atoms with E-state index >= 15 is 0 Å². The molecule has 1 heterocycles. The van der Waals surface area contributed by atoms with Crippen molar-refractivity contribution in [2.24, 2.45) is 0 Å². The van der Waals surface area contributed by atoms with E-state index in [2.05, 4.69) is 9.17 Å². The summed E-state index contributed by atoms with van der Waals surface area (Å²) in [5.74, 6) is -2.15. The monoisotopic (exact) mass is 278 g/mol. The number of aromatic nitrogens is 1. The molecule has 0 aliphatic heterocycles. The van der Waals surface area contributed by atoms with Crippen LogP contribution in [-0.2, 0) is 25.7 Å². The minimum Gasteiger partial charge on any atom is -0.392 e. The van der Waals surface area contributed by atoms with Crippen molar-refractivity contribution in [1.29, 1.82) is 0 Å². The highest BCUT2D eigenvalue weighted by Crippen LogP contribution is 2.14. The highest BCUT2D eigenvalue weighted by molar-refractivity contribution is 7.86. The molecule has 0 bridgehead atoms. The van der Waals surface area contributed by atoms with Gasteiger partial charge < -0.3 is 10.4 Å². The number of hydrogen-bond donors (Lipinski definition) is 2. The lowest BCUT2D eigenvalue weighted by atomic mass is 10.2. The van der Waals surface area contributed by atoms with Crippen molar-refractivity contribution in [2.75, 3.05) is 18.2 Å². The van der Waals surface area contributed by atoms with Crippen LogP contribution in [-0.4, -0.2) is 37.3 Å². The molecule has 0 aliphatic carbocycles. The third-order valence-corrected chi connectivity index (χ3v) is 2.35. The highest BCUT2D eigenvalue weighted by atomic mass is 32.2. The Morgan fingerprint density at radius 3 is 2.83 bits per heavy atom. The van der Waals surface area contributed by atoms with Crippen molar-refractivity contribution in [2.45, 2.75) is 6.61 Å². The predicted molar refractivity (Wildman–Crippen MR) is 59.5 cm³/mol. The standard InChI is InChI=1S/C9H11FN2O5S/c1-18(15,16)17-5-7(14)12-9-8(10)6(4-13)2-3-11-9/h2-3,13H,4-5H2,1H3,(H,11,12,14). The summed E-state index contributed by atoms with van der Waals surface area (Å²) in [5, 5.41) is 10.8. The topological polar surface area (TPSA) is 106 Å². The molecule has 0 fully saturated rings. The number of rotatable bonds is 5. The average Bonchev–Trinajstić information content (AvgIpc) is 2.28. The van der Waals surface area contributed by atoms with Gasteiger partial charge in [0.2, 0.25) is 0 Å². The molecule has 9 heteroatoms. The van der Waals surface area contributed by atoms with Gasteiger partial charge in [-0.3, -0.25) is 8.98 Å². The Balaban J connectivity index is 2.71. The van der Waals surface area contributed by atoms with Crippen LogP contribution in [0.5, 0.6) is 0 Å². The molecule has 0 aliphatic rings. The average molecular weight is 278 g/mol. The molecule has 1 aromatic rings. The molecule has 1 rings (SSSR count). The van der Waals surface area contributed by atoms with Gasteiger partial charge in [-0.25, -0.2) is 9.37 Å². The van der Waals surface area contributed by atoms with Gasteiger partial charge in [-0.15, -0.1) is 0 Å². The summed E-state index contributed by atoms with van der Waals surface area (Å²) in [6.45, 7) is -1.32. The number of nitrogens with one attached hydrogen (secondary N) is 1. The molecule has 7 nitrogen and oxygen atoms in total. The van der Waals surface area contributed by atoms with Gasteiger partial charge in [-0.05, 0) is 6.07 Å². The zero-order valence-electron chi connectivity index (χ0n) is 9.38. The molecule has 18 heavy (non-hydrogen) atoms. The van der Waals surface area contributed by atoms with Crippen LogP contribution in [0, 0.1) is 5.82 Å². The van der Waals surface area contributed by atoms with Gasteiger partial charge in [0.05, 0.1) is 12.9 Å². The minimum atomic E-state index is -3.75. The summed E-state index contributed by atoms with van der Waals surface area (Å²) in [5.41, 5.74) is -0.0377. The van der Waals surface area contributed by atoms with Crippen molar-refractivity contribution in [3.05, 3.63) is 23.6 Å². The van der Waals surface area contributed by atoms with Crippen LogP contribution in [0.15, 0.2) is 12.3 Å². The summed E-state index contributed by atoms with van der Waals surface area (Å²) in [4.78, 5) is 14.8. The first kappa shape index (κ1) is 14.5. The maximum Gasteiger partial charge on any atom is 0.264 e. The number of aliphatic hydroxyl groups is 1. The Hall–Kier alpha value is -1.58. The Morgan fingerprint density at radius 1 is 1.61 bits per heavy atom. The molecule has 0 saturated carbocycles. The molecule has 0 saturated heterocycles. The zero-order chi connectivity index (χ0) is 13.8. The fourth-order valence-electron chi connectivity index (χ4n) is 1.02. The number of carbonyl (C=O) groups excluding carboxylic acids is 1. The summed E-state index contributed by atoms with van der Waals surface area (Å²) in [6.07, 6.45) is 1.98. The third-order valence-electron chi connectivity index (χ3n) is 1.80. The first-order chi connectivity index (χ1) is 8.33. The van der Waals surface area contributed by atoms with Gasteiger partial charge in [-0.1, -0.05) is 0 Å². The number of hydrogen-bond acceptors (Lipinski definition) is 6. The molecule has 1 amide bonds. The van der Waals surface area contributed by atoms with Crippen LogP contribution in [0.2, 0.25) is 0 Å². The normalized spacial score (nSPS) is 11.3. The largest absolute Gasteiger partial charge is 0.392 e. The fraction of sp³-hybridized carbons (Fsp3) is 0.333. The molecule has 0 spiro atoms. The van der Waals surface area contributed by atoms with E-state index in [4.69, 9.17) is 5.11 Å². The lowest BCUT2D eigenvalue weighted by molar-refractivity contribution is -0.118. The Kier molecular flexibility index (Phi) is 4.70. The number of carbonyl (C=O) groups is 1. The highest BCUT2D eigenvalue weighted by Gasteiger charge is 2.13. The predicted octanol–water partition coefficient (Wildman–Crippen LogP) is -0.372. The summed E-state index contributed by atoms with van der Waals surface area (Å²) < 4.78 is 39.0. The van der Waals surface area contributed by atoms with Crippen molar-refractivity contribution in [3.63, 3.8) is 0 Å². The van der Waals surface area contributed by atoms with Gasteiger partial charge in [-0.2, -0.15) is 8.42 Å². The second-order valence-electron chi connectivity index (χ2n) is 3.31. The van der Waals surface area contributed by atoms with E-state index in [1.807, 2.05) is 5.32 Å². The molecule has 100 valence electrons.